The molecule has 3 rings (SSSR count). The second-order valence-corrected chi connectivity index (χ2v) is 9.96. The predicted octanol–water partition coefficient (Wildman–Crippen LogP) is 6.19. The SMILES string of the molecule is Cc1cc(NC(=O)OC(C)C)c(C)c(C(OC(C)(C)C)C(=O)O)c1-c1ccc2c(c1)CCCO2. The maximum atomic E-state index is 12.5. The smallest absolute Gasteiger partial charge is 0.411 e. The summed E-state index contributed by atoms with van der Waals surface area (Å²) < 4.78 is 17.1. The summed E-state index contributed by atoms with van der Waals surface area (Å²) in [7, 11) is 0. The molecule has 2 N–H and O–H groups in total. The van der Waals surface area contributed by atoms with Gasteiger partial charge in [-0.1, -0.05) is 6.07 Å². The Labute approximate surface area is 201 Å². The van der Waals surface area contributed by atoms with E-state index >= 15 is 0 Å². The highest BCUT2D eigenvalue weighted by molar-refractivity contribution is 5.90. The molecule has 1 heterocycles. The Morgan fingerprint density at radius 3 is 2.47 bits per heavy atom. The Bertz CT molecular complexity index is 1080. The van der Waals surface area contributed by atoms with Gasteiger partial charge in [0.2, 0.25) is 0 Å². The third kappa shape index (κ3) is 5.89. The van der Waals surface area contributed by atoms with Gasteiger partial charge in [0.1, 0.15) is 5.75 Å². The molecule has 7 heteroatoms. The molecule has 1 unspecified atom stereocenters. The molecule has 0 radical (unpaired) electrons. The largest absolute Gasteiger partial charge is 0.493 e. The van der Waals surface area contributed by atoms with Gasteiger partial charge in [-0.2, -0.15) is 0 Å². The predicted molar refractivity (Wildman–Crippen MR) is 132 cm³/mol. The van der Waals surface area contributed by atoms with Crippen LogP contribution in [-0.4, -0.2) is 35.5 Å². The molecule has 0 bridgehead atoms. The fraction of sp³-hybridized carbons (Fsp3) is 0.481. The molecule has 7 nitrogen and oxygen atoms in total. The van der Waals surface area contributed by atoms with Crippen molar-refractivity contribution >= 4 is 17.7 Å². The van der Waals surface area contributed by atoms with E-state index in [0.717, 1.165) is 40.8 Å². The van der Waals surface area contributed by atoms with E-state index in [1.165, 1.54) is 0 Å². The van der Waals surface area contributed by atoms with E-state index in [-0.39, 0.29) is 6.10 Å². The Kier molecular flexibility index (Phi) is 7.56. The van der Waals surface area contributed by atoms with Crippen LogP contribution in [0, 0.1) is 13.8 Å². The first-order chi connectivity index (χ1) is 15.9. The van der Waals surface area contributed by atoms with Crippen LogP contribution < -0.4 is 10.1 Å². The third-order valence-electron chi connectivity index (χ3n) is 5.57. The zero-order chi connectivity index (χ0) is 25.2. The van der Waals surface area contributed by atoms with Crippen molar-refractivity contribution in [1.29, 1.82) is 0 Å². The van der Waals surface area contributed by atoms with Crippen LogP contribution in [0.15, 0.2) is 24.3 Å². The van der Waals surface area contributed by atoms with Crippen LogP contribution in [-0.2, 0) is 20.7 Å². The number of hydrogen-bond acceptors (Lipinski definition) is 5. The van der Waals surface area contributed by atoms with Gasteiger partial charge in [0.05, 0.1) is 18.3 Å². The third-order valence-corrected chi connectivity index (χ3v) is 5.57. The molecular formula is C27H35NO6. The first-order valence-corrected chi connectivity index (χ1v) is 11.7. The van der Waals surface area contributed by atoms with E-state index in [1.807, 2.05) is 45.9 Å². The van der Waals surface area contributed by atoms with Crippen LogP contribution in [0.3, 0.4) is 0 Å². The van der Waals surface area contributed by atoms with Crippen LogP contribution >= 0.6 is 0 Å². The number of aliphatic carboxylic acids is 1. The second kappa shape index (κ2) is 10.1. The molecular weight excluding hydrogens is 434 g/mol. The van der Waals surface area contributed by atoms with Crippen LogP contribution in [0.1, 0.15) is 69.4 Å². The normalized spacial score (nSPS) is 14.2. The maximum absolute atomic E-state index is 12.5. The van der Waals surface area contributed by atoms with E-state index in [0.29, 0.717) is 23.4 Å². The summed E-state index contributed by atoms with van der Waals surface area (Å²) in [5, 5.41) is 13.0. The summed E-state index contributed by atoms with van der Waals surface area (Å²) in [6, 6.07) is 7.80. The van der Waals surface area contributed by atoms with Gasteiger partial charge in [0, 0.05) is 11.3 Å². The highest BCUT2D eigenvalue weighted by atomic mass is 16.6. The lowest BCUT2D eigenvalue weighted by molar-refractivity contribution is -0.160. The van der Waals surface area contributed by atoms with Crippen LogP contribution in [0.4, 0.5) is 10.5 Å². The zero-order valence-electron chi connectivity index (χ0n) is 21.1. The van der Waals surface area contributed by atoms with Crippen LogP contribution in [0.5, 0.6) is 5.75 Å². The molecule has 2 aromatic carbocycles. The minimum Gasteiger partial charge on any atom is -0.493 e. The number of fused-ring (bicyclic) bond motifs is 1. The number of carboxylic acids is 1. The molecule has 34 heavy (non-hydrogen) atoms. The Morgan fingerprint density at radius 1 is 1.15 bits per heavy atom. The van der Waals surface area contributed by atoms with E-state index < -0.39 is 23.8 Å². The average Bonchev–Trinajstić information content (AvgIpc) is 2.72. The van der Waals surface area contributed by atoms with Crippen molar-refractivity contribution in [3.05, 3.63) is 46.5 Å². The van der Waals surface area contributed by atoms with Crippen molar-refractivity contribution in [1.82, 2.24) is 0 Å². The summed E-state index contributed by atoms with van der Waals surface area (Å²) in [4.78, 5) is 24.8. The lowest BCUT2D eigenvalue weighted by Crippen LogP contribution is -2.29. The molecule has 0 saturated carbocycles. The van der Waals surface area contributed by atoms with E-state index in [9.17, 15) is 14.7 Å². The molecule has 0 saturated heterocycles. The number of carboxylic acid groups (broad SMARTS) is 1. The zero-order valence-corrected chi connectivity index (χ0v) is 21.1. The van der Waals surface area contributed by atoms with Gasteiger partial charge < -0.3 is 19.3 Å². The molecule has 0 spiro atoms. The quantitative estimate of drug-likeness (QED) is 0.524. The fourth-order valence-corrected chi connectivity index (χ4v) is 4.24. The van der Waals surface area contributed by atoms with Gasteiger partial charge in [0.25, 0.3) is 0 Å². The first kappa shape index (κ1) is 25.6. The summed E-state index contributed by atoms with van der Waals surface area (Å²) in [5.41, 5.74) is 4.51. The standard InChI is InChI=1S/C27H35NO6/c1-15(2)33-26(31)28-20-13-16(3)22(19-10-11-21-18(14-19)9-8-12-32-21)23(17(20)4)24(25(29)30)34-27(5,6)7/h10-11,13-15,24H,8-9,12H2,1-7H3,(H,28,31)(H,29,30). The van der Waals surface area contributed by atoms with Crippen molar-refractivity contribution in [2.45, 2.75) is 79.1 Å². The molecule has 1 atom stereocenters. The van der Waals surface area contributed by atoms with Gasteiger partial charge in [-0.05, 0) is 107 Å². The van der Waals surface area contributed by atoms with Crippen molar-refractivity contribution in [3.63, 3.8) is 0 Å². The van der Waals surface area contributed by atoms with Gasteiger partial charge >= 0.3 is 12.1 Å². The number of ether oxygens (including phenoxy) is 3. The molecule has 1 aliphatic rings. The molecule has 0 aromatic heterocycles. The Morgan fingerprint density at radius 2 is 1.85 bits per heavy atom. The second-order valence-electron chi connectivity index (χ2n) is 9.96. The number of carbonyl (C=O) groups excluding carboxylic acids is 1. The minimum absolute atomic E-state index is 0.283. The van der Waals surface area contributed by atoms with Gasteiger partial charge in [-0.25, -0.2) is 9.59 Å². The van der Waals surface area contributed by atoms with E-state index in [4.69, 9.17) is 14.2 Å². The fourth-order valence-electron chi connectivity index (χ4n) is 4.24. The molecule has 2 aromatic rings. The topological polar surface area (TPSA) is 94.1 Å². The molecule has 1 amide bonds. The molecule has 184 valence electrons. The summed E-state index contributed by atoms with van der Waals surface area (Å²) in [5.74, 6) is -0.233. The minimum atomic E-state index is -1.23. The number of amides is 1. The van der Waals surface area contributed by atoms with Crippen molar-refractivity contribution in [3.8, 4) is 16.9 Å². The Balaban J connectivity index is 2.22. The number of hydrogen-bond donors (Lipinski definition) is 2. The maximum Gasteiger partial charge on any atom is 0.411 e. The Hall–Kier alpha value is -3.06. The number of benzene rings is 2. The van der Waals surface area contributed by atoms with Gasteiger partial charge in [-0.15, -0.1) is 0 Å². The monoisotopic (exact) mass is 469 g/mol. The van der Waals surface area contributed by atoms with Crippen LogP contribution in [0.2, 0.25) is 0 Å². The van der Waals surface area contributed by atoms with E-state index in [2.05, 4.69) is 11.4 Å². The number of rotatable bonds is 6. The number of nitrogens with one attached hydrogen (secondary N) is 1. The van der Waals surface area contributed by atoms with Gasteiger partial charge in [0.15, 0.2) is 6.10 Å². The number of anilines is 1. The number of carbonyl (C=O) groups is 2. The molecule has 0 aliphatic carbocycles. The summed E-state index contributed by atoms with van der Waals surface area (Å²) in [6.07, 6.45) is -0.270. The lowest BCUT2D eigenvalue weighted by atomic mass is 9.86. The summed E-state index contributed by atoms with van der Waals surface area (Å²) >= 11 is 0. The highest BCUT2D eigenvalue weighted by Crippen LogP contribution is 2.42. The van der Waals surface area contributed by atoms with Crippen molar-refractivity contribution in [2.24, 2.45) is 0 Å². The van der Waals surface area contributed by atoms with Crippen LogP contribution in [0.25, 0.3) is 11.1 Å². The highest BCUT2D eigenvalue weighted by Gasteiger charge is 2.33. The lowest BCUT2D eigenvalue weighted by Gasteiger charge is -2.30. The van der Waals surface area contributed by atoms with E-state index in [1.54, 1.807) is 20.8 Å². The average molecular weight is 470 g/mol. The van der Waals surface area contributed by atoms with Crippen molar-refractivity contribution < 1.29 is 28.9 Å². The van der Waals surface area contributed by atoms with Gasteiger partial charge in [-0.3, -0.25) is 5.32 Å². The molecule has 0 fully saturated rings. The van der Waals surface area contributed by atoms with Crippen molar-refractivity contribution in [2.75, 3.05) is 11.9 Å². The first-order valence-electron chi connectivity index (χ1n) is 11.7. The summed E-state index contributed by atoms with van der Waals surface area (Å²) in [6.45, 7) is 13.4. The number of aryl methyl sites for hydroxylation is 2. The molecule has 1 aliphatic heterocycles.